The first-order valence-electron chi connectivity index (χ1n) is 6.44. The van der Waals surface area contributed by atoms with Gasteiger partial charge in [-0.1, -0.05) is 17.7 Å². The van der Waals surface area contributed by atoms with E-state index in [2.05, 4.69) is 4.74 Å². The van der Waals surface area contributed by atoms with Gasteiger partial charge in [-0.15, -0.1) is 0 Å². The van der Waals surface area contributed by atoms with Gasteiger partial charge in [0.2, 0.25) is 5.78 Å². The van der Waals surface area contributed by atoms with E-state index in [-0.39, 0.29) is 22.0 Å². The van der Waals surface area contributed by atoms with Crippen molar-refractivity contribution in [2.24, 2.45) is 5.73 Å². The molecule has 124 valence electrons. The number of nitrogens with two attached hydrogens (primary N) is 1. The fourth-order valence-corrected chi connectivity index (χ4v) is 1.75. The molecule has 1 aromatic carbocycles. The standard InChI is InChI=1S/C15H12ClN3O5/c1-9(18)11(7-17)14(20)8-24-15(21)5-3-10-2-4-12(16)13(6-10)19(22)23/h2-6H,8,18H2,1H3/b5-3+,11-9-. The number of nitro groups is 1. The second-order valence-electron chi connectivity index (χ2n) is 4.50. The number of Topliss-reactive ketones (excluding diaryl/α,β-unsaturated/α-hetero) is 1. The molecule has 0 amide bonds. The number of allylic oxidation sites excluding steroid dienone is 1. The van der Waals surface area contributed by atoms with Crippen molar-refractivity contribution in [2.45, 2.75) is 6.92 Å². The maximum absolute atomic E-state index is 11.6. The van der Waals surface area contributed by atoms with Crippen molar-refractivity contribution in [1.82, 2.24) is 0 Å². The zero-order chi connectivity index (χ0) is 18.3. The minimum absolute atomic E-state index is 0.0294. The third-order valence-electron chi connectivity index (χ3n) is 2.71. The van der Waals surface area contributed by atoms with Gasteiger partial charge in [0.1, 0.15) is 16.7 Å². The van der Waals surface area contributed by atoms with Crippen molar-refractivity contribution in [1.29, 1.82) is 5.26 Å². The van der Waals surface area contributed by atoms with E-state index in [9.17, 15) is 19.7 Å². The van der Waals surface area contributed by atoms with Gasteiger partial charge in [-0.05, 0) is 24.6 Å². The molecule has 0 unspecified atom stereocenters. The summed E-state index contributed by atoms with van der Waals surface area (Å²) in [5.41, 5.74) is 5.16. The molecule has 0 atom stereocenters. The van der Waals surface area contributed by atoms with Gasteiger partial charge >= 0.3 is 5.97 Å². The minimum atomic E-state index is -0.854. The molecule has 0 aliphatic rings. The number of hydrogen-bond acceptors (Lipinski definition) is 7. The molecule has 24 heavy (non-hydrogen) atoms. The molecule has 8 nitrogen and oxygen atoms in total. The van der Waals surface area contributed by atoms with Gasteiger partial charge in [-0.25, -0.2) is 4.79 Å². The summed E-state index contributed by atoms with van der Waals surface area (Å²) in [4.78, 5) is 33.2. The molecule has 1 rings (SSSR count). The lowest BCUT2D eigenvalue weighted by Crippen LogP contribution is -2.16. The van der Waals surface area contributed by atoms with Crippen molar-refractivity contribution >= 4 is 35.1 Å². The van der Waals surface area contributed by atoms with E-state index < -0.39 is 23.3 Å². The van der Waals surface area contributed by atoms with E-state index >= 15 is 0 Å². The highest BCUT2D eigenvalue weighted by molar-refractivity contribution is 6.32. The minimum Gasteiger partial charge on any atom is -0.454 e. The zero-order valence-corrected chi connectivity index (χ0v) is 13.2. The Labute approximate surface area is 141 Å². The Hall–Kier alpha value is -3.18. The molecule has 0 saturated heterocycles. The SMILES string of the molecule is C/C(N)=C(\C#N)C(=O)COC(=O)/C=C/c1ccc(Cl)c([N+](=O)[O-])c1. The highest BCUT2D eigenvalue weighted by Gasteiger charge is 2.14. The number of ketones is 1. The number of halogens is 1. The maximum atomic E-state index is 11.6. The number of ether oxygens (including phenoxy) is 1. The Bertz CT molecular complexity index is 789. The average molecular weight is 350 g/mol. The zero-order valence-electron chi connectivity index (χ0n) is 12.5. The predicted octanol–water partition coefficient (Wildman–Crippen LogP) is 2.13. The van der Waals surface area contributed by atoms with Crippen LogP contribution in [0.2, 0.25) is 5.02 Å². The summed E-state index contributed by atoms with van der Waals surface area (Å²) >= 11 is 5.67. The smallest absolute Gasteiger partial charge is 0.331 e. The van der Waals surface area contributed by atoms with Gasteiger partial charge in [0.05, 0.1) is 4.92 Å². The first-order chi connectivity index (χ1) is 11.3. The molecule has 0 heterocycles. The van der Waals surface area contributed by atoms with Gasteiger partial charge in [0.25, 0.3) is 5.69 Å². The summed E-state index contributed by atoms with van der Waals surface area (Å²) in [6.45, 7) is 0.743. The fourth-order valence-electron chi connectivity index (χ4n) is 1.56. The molecule has 0 aromatic heterocycles. The van der Waals surface area contributed by atoms with Gasteiger partial charge < -0.3 is 10.5 Å². The van der Waals surface area contributed by atoms with Crippen molar-refractivity contribution in [3.8, 4) is 6.07 Å². The molecule has 0 aliphatic heterocycles. The Kier molecular flexibility index (Phi) is 6.64. The van der Waals surface area contributed by atoms with E-state index in [1.807, 2.05) is 0 Å². The fraction of sp³-hybridized carbons (Fsp3) is 0.133. The lowest BCUT2D eigenvalue weighted by Gasteiger charge is -2.02. The van der Waals surface area contributed by atoms with Gasteiger partial charge in [-0.2, -0.15) is 5.26 Å². The highest BCUT2D eigenvalue weighted by atomic mass is 35.5. The summed E-state index contributed by atoms with van der Waals surface area (Å²) in [7, 11) is 0. The molecule has 0 spiro atoms. The Morgan fingerprint density at radius 3 is 2.71 bits per heavy atom. The highest BCUT2D eigenvalue weighted by Crippen LogP contribution is 2.25. The van der Waals surface area contributed by atoms with Crippen molar-refractivity contribution in [2.75, 3.05) is 6.61 Å². The Balaban J connectivity index is 2.73. The summed E-state index contributed by atoms with van der Waals surface area (Å²) in [6, 6.07) is 5.60. The molecule has 9 heteroatoms. The van der Waals surface area contributed by atoms with Crippen LogP contribution in [0.4, 0.5) is 5.69 Å². The third-order valence-corrected chi connectivity index (χ3v) is 3.03. The quantitative estimate of drug-likeness (QED) is 0.273. The van der Waals surface area contributed by atoms with Crippen LogP contribution in [0, 0.1) is 21.4 Å². The number of rotatable bonds is 6. The van der Waals surface area contributed by atoms with Gasteiger partial charge in [0, 0.05) is 17.8 Å². The van der Waals surface area contributed by atoms with Crippen LogP contribution >= 0.6 is 11.6 Å². The molecular weight excluding hydrogens is 338 g/mol. The lowest BCUT2D eigenvalue weighted by molar-refractivity contribution is -0.384. The first-order valence-corrected chi connectivity index (χ1v) is 6.82. The van der Waals surface area contributed by atoms with Crippen LogP contribution in [0.15, 0.2) is 35.5 Å². The molecule has 0 saturated carbocycles. The van der Waals surface area contributed by atoms with Crippen LogP contribution in [0.25, 0.3) is 6.08 Å². The number of nitriles is 1. The molecule has 0 radical (unpaired) electrons. The molecule has 0 fully saturated rings. The second-order valence-corrected chi connectivity index (χ2v) is 4.91. The number of carbonyl (C=O) groups excluding carboxylic acids is 2. The van der Waals surface area contributed by atoms with E-state index in [1.54, 1.807) is 6.07 Å². The van der Waals surface area contributed by atoms with Crippen LogP contribution in [-0.2, 0) is 14.3 Å². The van der Waals surface area contributed by atoms with Crippen LogP contribution in [0.3, 0.4) is 0 Å². The average Bonchev–Trinajstić information content (AvgIpc) is 2.52. The third kappa shape index (κ3) is 5.23. The predicted molar refractivity (Wildman–Crippen MR) is 85.6 cm³/mol. The van der Waals surface area contributed by atoms with Crippen molar-refractivity contribution in [3.05, 3.63) is 56.2 Å². The number of nitrogens with zero attached hydrogens (tertiary/aromatic N) is 2. The van der Waals surface area contributed by atoms with E-state index in [1.165, 1.54) is 31.2 Å². The number of nitro benzene ring substituents is 1. The number of benzene rings is 1. The summed E-state index contributed by atoms with van der Waals surface area (Å²) in [5.74, 6) is -1.57. The molecule has 1 aromatic rings. The molecular formula is C15H12ClN3O5. The van der Waals surface area contributed by atoms with Crippen molar-refractivity contribution < 1.29 is 19.2 Å². The number of hydrogen-bond donors (Lipinski definition) is 1. The van der Waals surface area contributed by atoms with Gasteiger partial charge in [0.15, 0.2) is 6.61 Å². The molecule has 0 aliphatic carbocycles. The topological polar surface area (TPSA) is 136 Å². The monoisotopic (exact) mass is 349 g/mol. The molecule has 0 bridgehead atoms. The summed E-state index contributed by atoms with van der Waals surface area (Å²) < 4.78 is 4.68. The van der Waals surface area contributed by atoms with E-state index in [0.29, 0.717) is 5.56 Å². The van der Waals surface area contributed by atoms with Crippen LogP contribution in [0.1, 0.15) is 12.5 Å². The molecule has 2 N–H and O–H groups in total. The van der Waals surface area contributed by atoms with E-state index in [4.69, 9.17) is 22.6 Å². The summed E-state index contributed by atoms with van der Waals surface area (Å²) in [5, 5.41) is 19.5. The lowest BCUT2D eigenvalue weighted by atomic mass is 10.1. The number of carbonyl (C=O) groups is 2. The Morgan fingerprint density at radius 2 is 2.17 bits per heavy atom. The van der Waals surface area contributed by atoms with Crippen LogP contribution in [0.5, 0.6) is 0 Å². The van der Waals surface area contributed by atoms with Gasteiger partial charge in [-0.3, -0.25) is 14.9 Å². The van der Waals surface area contributed by atoms with Crippen LogP contribution < -0.4 is 5.73 Å². The Morgan fingerprint density at radius 1 is 1.50 bits per heavy atom. The van der Waals surface area contributed by atoms with Crippen molar-refractivity contribution in [3.63, 3.8) is 0 Å². The second kappa shape index (κ2) is 8.45. The number of esters is 1. The largest absolute Gasteiger partial charge is 0.454 e. The van der Waals surface area contributed by atoms with E-state index in [0.717, 1.165) is 6.08 Å². The normalized spacial score (nSPS) is 11.5. The maximum Gasteiger partial charge on any atom is 0.331 e. The first kappa shape index (κ1) is 18.9. The van der Waals surface area contributed by atoms with Crippen LogP contribution in [-0.4, -0.2) is 23.3 Å². The summed E-state index contributed by atoms with van der Waals surface area (Å²) in [6.07, 6.45) is 2.26.